The standard InChI is InChI=1S/C12H14N2O3S2/c1-3-13-11-8-12(19(15,16)14-11)18-10-6-4-9(17-2)5-7-10/h4-8H,3H2,1-2H3,(H,13,14). The third-order valence-electron chi connectivity index (χ3n) is 2.36. The number of thioether (sulfide) groups is 1. The molecule has 1 heterocycles. The maximum absolute atomic E-state index is 11.9. The van der Waals surface area contributed by atoms with Crippen LogP contribution in [0.2, 0.25) is 0 Å². The average molecular weight is 298 g/mol. The molecule has 0 atom stereocenters. The highest BCUT2D eigenvalue weighted by molar-refractivity contribution is 8.18. The van der Waals surface area contributed by atoms with Gasteiger partial charge in [0.1, 0.15) is 15.8 Å². The summed E-state index contributed by atoms with van der Waals surface area (Å²) in [4.78, 5) is 4.88. The van der Waals surface area contributed by atoms with Gasteiger partial charge in [-0.1, -0.05) is 11.8 Å². The van der Waals surface area contributed by atoms with E-state index >= 15 is 0 Å². The summed E-state index contributed by atoms with van der Waals surface area (Å²) in [6.07, 6.45) is 1.55. The molecule has 1 aromatic carbocycles. The van der Waals surface area contributed by atoms with Crippen molar-refractivity contribution in [2.45, 2.75) is 11.8 Å². The number of amidine groups is 1. The molecular formula is C12H14N2O3S2. The van der Waals surface area contributed by atoms with Gasteiger partial charge in [-0.3, -0.25) is 9.71 Å². The van der Waals surface area contributed by atoms with E-state index < -0.39 is 10.0 Å². The van der Waals surface area contributed by atoms with Crippen LogP contribution in [0.5, 0.6) is 5.75 Å². The molecular weight excluding hydrogens is 284 g/mol. The first-order valence-corrected chi connectivity index (χ1v) is 7.96. The summed E-state index contributed by atoms with van der Waals surface area (Å²) in [5, 5.41) is 0. The molecule has 0 aliphatic carbocycles. The third kappa shape index (κ3) is 3.30. The van der Waals surface area contributed by atoms with Gasteiger partial charge >= 0.3 is 0 Å². The highest BCUT2D eigenvalue weighted by Gasteiger charge is 2.27. The molecule has 0 saturated carbocycles. The molecule has 0 radical (unpaired) electrons. The number of ether oxygens (including phenoxy) is 1. The molecule has 0 spiro atoms. The van der Waals surface area contributed by atoms with Crippen molar-refractivity contribution in [3.8, 4) is 5.75 Å². The number of benzene rings is 1. The lowest BCUT2D eigenvalue weighted by Gasteiger charge is -2.03. The zero-order valence-electron chi connectivity index (χ0n) is 10.6. The lowest BCUT2D eigenvalue weighted by atomic mass is 10.3. The van der Waals surface area contributed by atoms with Crippen molar-refractivity contribution in [2.24, 2.45) is 4.99 Å². The predicted octanol–water partition coefficient (Wildman–Crippen LogP) is 1.98. The molecule has 7 heteroatoms. The van der Waals surface area contributed by atoms with Gasteiger partial charge in [0, 0.05) is 17.5 Å². The van der Waals surface area contributed by atoms with Crippen molar-refractivity contribution in [2.75, 3.05) is 13.7 Å². The maximum Gasteiger partial charge on any atom is 0.269 e. The Balaban J connectivity index is 2.21. The molecule has 5 nitrogen and oxygen atoms in total. The number of rotatable bonds is 4. The summed E-state index contributed by atoms with van der Waals surface area (Å²) in [6.45, 7) is 2.39. The summed E-state index contributed by atoms with van der Waals surface area (Å²) < 4.78 is 31.5. The van der Waals surface area contributed by atoms with E-state index in [-0.39, 0.29) is 4.24 Å². The fraction of sp³-hybridized carbons (Fsp3) is 0.250. The van der Waals surface area contributed by atoms with Crippen LogP contribution in [0, 0.1) is 0 Å². The average Bonchev–Trinajstić information content (AvgIpc) is 2.65. The molecule has 1 aliphatic heterocycles. The van der Waals surface area contributed by atoms with Crippen molar-refractivity contribution >= 4 is 27.6 Å². The Kier molecular flexibility index (Phi) is 4.16. The van der Waals surface area contributed by atoms with Gasteiger partial charge in [0.25, 0.3) is 10.0 Å². The largest absolute Gasteiger partial charge is 0.497 e. The van der Waals surface area contributed by atoms with Crippen molar-refractivity contribution in [3.05, 3.63) is 34.6 Å². The summed E-state index contributed by atoms with van der Waals surface area (Å²) in [5.74, 6) is 1.12. The minimum absolute atomic E-state index is 0.255. The molecule has 0 amide bonds. The zero-order chi connectivity index (χ0) is 13.9. The summed E-state index contributed by atoms with van der Waals surface area (Å²) >= 11 is 1.18. The quantitative estimate of drug-likeness (QED) is 0.923. The topological polar surface area (TPSA) is 67.8 Å². The first-order valence-electron chi connectivity index (χ1n) is 5.66. The van der Waals surface area contributed by atoms with E-state index in [0.29, 0.717) is 12.4 Å². The van der Waals surface area contributed by atoms with Crippen LogP contribution in [0.25, 0.3) is 0 Å². The summed E-state index contributed by atoms with van der Waals surface area (Å²) in [7, 11) is -1.87. The van der Waals surface area contributed by atoms with Crippen molar-refractivity contribution in [1.29, 1.82) is 0 Å². The minimum atomic E-state index is -3.46. The van der Waals surface area contributed by atoms with Crippen LogP contribution in [0.4, 0.5) is 0 Å². The number of hydrogen-bond acceptors (Lipinski definition) is 5. The van der Waals surface area contributed by atoms with Gasteiger partial charge in [0.15, 0.2) is 0 Å². The van der Waals surface area contributed by atoms with Crippen LogP contribution in [0.15, 0.2) is 44.5 Å². The van der Waals surface area contributed by atoms with E-state index in [0.717, 1.165) is 10.6 Å². The van der Waals surface area contributed by atoms with Gasteiger partial charge in [0.2, 0.25) is 0 Å². The second-order valence-electron chi connectivity index (χ2n) is 3.71. The van der Waals surface area contributed by atoms with Gasteiger partial charge in [-0.25, -0.2) is 8.42 Å². The van der Waals surface area contributed by atoms with Crippen LogP contribution in [-0.2, 0) is 10.0 Å². The molecule has 0 unspecified atom stereocenters. The van der Waals surface area contributed by atoms with Gasteiger partial charge in [-0.2, -0.15) is 0 Å². The van der Waals surface area contributed by atoms with E-state index in [1.165, 1.54) is 11.8 Å². The van der Waals surface area contributed by atoms with Gasteiger partial charge in [0.05, 0.1) is 7.11 Å². The molecule has 0 aromatic heterocycles. The van der Waals surface area contributed by atoms with E-state index in [4.69, 9.17) is 4.74 Å². The van der Waals surface area contributed by atoms with Crippen LogP contribution >= 0.6 is 11.8 Å². The smallest absolute Gasteiger partial charge is 0.269 e. The first kappa shape index (κ1) is 14.0. The van der Waals surface area contributed by atoms with Crippen molar-refractivity contribution in [1.82, 2.24) is 4.72 Å². The highest BCUT2D eigenvalue weighted by atomic mass is 32.3. The first-order chi connectivity index (χ1) is 9.05. The Morgan fingerprint density at radius 2 is 2.00 bits per heavy atom. The molecule has 2 rings (SSSR count). The number of hydrogen-bond donors (Lipinski definition) is 1. The van der Waals surface area contributed by atoms with Crippen LogP contribution in [0.3, 0.4) is 0 Å². The van der Waals surface area contributed by atoms with Crippen LogP contribution in [-0.4, -0.2) is 27.9 Å². The van der Waals surface area contributed by atoms with Crippen molar-refractivity contribution < 1.29 is 13.2 Å². The molecule has 1 N–H and O–H groups in total. The SMILES string of the molecule is CCN=C1C=C(Sc2ccc(OC)cc2)S(=O)(=O)N1. The highest BCUT2D eigenvalue weighted by Crippen LogP contribution is 2.33. The molecule has 0 fully saturated rings. The fourth-order valence-electron chi connectivity index (χ4n) is 1.50. The lowest BCUT2D eigenvalue weighted by molar-refractivity contribution is 0.414. The molecule has 19 heavy (non-hydrogen) atoms. The summed E-state index contributed by atoms with van der Waals surface area (Å²) in [6, 6.07) is 7.21. The monoisotopic (exact) mass is 298 g/mol. The van der Waals surface area contributed by atoms with E-state index in [2.05, 4.69) is 9.71 Å². The van der Waals surface area contributed by atoms with E-state index in [1.807, 2.05) is 19.1 Å². The predicted molar refractivity (Wildman–Crippen MR) is 77.0 cm³/mol. The number of sulfonamides is 1. The summed E-state index contributed by atoms with van der Waals surface area (Å²) in [5.41, 5.74) is 0. The number of methoxy groups -OCH3 is 1. The van der Waals surface area contributed by atoms with Crippen LogP contribution < -0.4 is 9.46 Å². The molecule has 1 aliphatic rings. The normalized spacial score (nSPS) is 19.1. The Bertz CT molecular complexity index is 619. The Morgan fingerprint density at radius 3 is 2.58 bits per heavy atom. The van der Waals surface area contributed by atoms with E-state index in [1.54, 1.807) is 25.3 Å². The lowest BCUT2D eigenvalue weighted by Crippen LogP contribution is -2.22. The fourth-order valence-corrected chi connectivity index (χ4v) is 3.79. The third-order valence-corrected chi connectivity index (χ3v) is 5.23. The van der Waals surface area contributed by atoms with Gasteiger partial charge < -0.3 is 4.74 Å². The molecule has 0 saturated heterocycles. The Morgan fingerprint density at radius 1 is 1.32 bits per heavy atom. The van der Waals surface area contributed by atoms with Gasteiger partial charge in [-0.15, -0.1) is 0 Å². The van der Waals surface area contributed by atoms with Crippen LogP contribution in [0.1, 0.15) is 6.92 Å². The number of aliphatic imine (C=N–C) groups is 1. The Labute approximate surface area is 116 Å². The maximum atomic E-state index is 11.9. The minimum Gasteiger partial charge on any atom is -0.497 e. The second kappa shape index (κ2) is 5.66. The Hall–Kier alpha value is -1.47. The van der Waals surface area contributed by atoms with Crippen molar-refractivity contribution in [3.63, 3.8) is 0 Å². The molecule has 0 bridgehead atoms. The zero-order valence-corrected chi connectivity index (χ0v) is 12.2. The number of nitrogens with one attached hydrogen (secondary N) is 1. The van der Waals surface area contributed by atoms with Gasteiger partial charge in [-0.05, 0) is 31.2 Å². The molecule has 1 aromatic rings. The second-order valence-corrected chi connectivity index (χ2v) is 6.73. The van der Waals surface area contributed by atoms with E-state index in [9.17, 15) is 8.42 Å². The number of nitrogens with zero attached hydrogens (tertiary/aromatic N) is 1. The molecule has 102 valence electrons.